The van der Waals surface area contributed by atoms with E-state index >= 15 is 0 Å². The smallest absolute Gasteiger partial charge is 0.161 e. The van der Waals surface area contributed by atoms with Crippen LogP contribution >= 0.6 is 0 Å². The van der Waals surface area contributed by atoms with E-state index in [-0.39, 0.29) is 6.61 Å². The first-order valence-electron chi connectivity index (χ1n) is 10.6. The maximum Gasteiger partial charge on any atom is 0.161 e. The maximum absolute atomic E-state index is 10.4. The highest BCUT2D eigenvalue weighted by Gasteiger charge is 2.32. The Hall–Kier alpha value is -1.38. The van der Waals surface area contributed by atoms with E-state index in [1.807, 2.05) is 6.07 Å². The van der Waals surface area contributed by atoms with E-state index in [1.54, 1.807) is 7.11 Å². The summed E-state index contributed by atoms with van der Waals surface area (Å²) in [7, 11) is 1.67. The molecule has 3 saturated heterocycles. The number of ether oxygens (including phenoxy) is 2. The molecule has 156 valence electrons. The SMILES string of the molecule is COc1cc(CN2CCNCC2)ccc1OCC(O)CN1C[C@H]2CC[C@@H](C1)N2. The molecule has 7 nitrogen and oxygen atoms in total. The van der Waals surface area contributed by atoms with Crippen molar-refractivity contribution in [1.29, 1.82) is 0 Å². The maximum atomic E-state index is 10.4. The highest BCUT2D eigenvalue weighted by Crippen LogP contribution is 2.29. The Morgan fingerprint density at radius 1 is 1.11 bits per heavy atom. The number of hydrogen-bond acceptors (Lipinski definition) is 7. The van der Waals surface area contributed by atoms with Gasteiger partial charge in [0.1, 0.15) is 12.7 Å². The second-order valence-corrected chi connectivity index (χ2v) is 8.33. The third kappa shape index (κ3) is 5.15. The molecular weight excluding hydrogens is 356 g/mol. The van der Waals surface area contributed by atoms with E-state index in [1.165, 1.54) is 18.4 Å². The van der Waals surface area contributed by atoms with Crippen LogP contribution in [0.25, 0.3) is 0 Å². The number of piperazine rings is 2. The number of fused-ring (bicyclic) bond motifs is 2. The van der Waals surface area contributed by atoms with Crippen molar-refractivity contribution in [2.75, 3.05) is 59.5 Å². The van der Waals surface area contributed by atoms with E-state index in [0.29, 0.717) is 24.4 Å². The van der Waals surface area contributed by atoms with Gasteiger partial charge in [0.15, 0.2) is 11.5 Å². The number of rotatable bonds is 8. The zero-order valence-corrected chi connectivity index (χ0v) is 16.9. The van der Waals surface area contributed by atoms with Gasteiger partial charge in [0.25, 0.3) is 0 Å². The van der Waals surface area contributed by atoms with Gasteiger partial charge in [-0.3, -0.25) is 9.80 Å². The third-order valence-corrected chi connectivity index (χ3v) is 6.04. The van der Waals surface area contributed by atoms with Crippen LogP contribution in [0.2, 0.25) is 0 Å². The molecule has 3 aliphatic rings. The van der Waals surface area contributed by atoms with Crippen molar-refractivity contribution in [3.05, 3.63) is 23.8 Å². The molecule has 0 aromatic heterocycles. The van der Waals surface area contributed by atoms with Crippen LogP contribution in [-0.4, -0.2) is 92.6 Å². The number of hydrogen-bond donors (Lipinski definition) is 3. The summed E-state index contributed by atoms with van der Waals surface area (Å²) in [6.45, 7) is 8.16. The molecule has 7 heteroatoms. The lowest BCUT2D eigenvalue weighted by Crippen LogP contribution is -2.53. The van der Waals surface area contributed by atoms with Crippen LogP contribution in [0.4, 0.5) is 0 Å². The molecule has 2 bridgehead atoms. The lowest BCUT2D eigenvalue weighted by molar-refractivity contribution is 0.0558. The van der Waals surface area contributed by atoms with Crippen LogP contribution in [0, 0.1) is 0 Å². The molecule has 1 aromatic rings. The summed E-state index contributed by atoms with van der Waals surface area (Å²) < 4.78 is 11.4. The average Bonchev–Trinajstić information content (AvgIpc) is 3.05. The summed E-state index contributed by atoms with van der Waals surface area (Å²) in [5.41, 5.74) is 1.22. The standard InChI is InChI=1S/C21H34N4O3/c1-27-21-10-16(11-24-8-6-22-7-9-24)2-5-20(21)28-15-19(26)14-25-12-17-3-4-18(13-25)23-17/h2,5,10,17-19,22-23,26H,3-4,6-9,11-15H2,1H3/t17-,18+,19?. The molecule has 0 radical (unpaired) electrons. The van der Waals surface area contributed by atoms with E-state index in [2.05, 4.69) is 32.6 Å². The Morgan fingerprint density at radius 3 is 2.57 bits per heavy atom. The zero-order chi connectivity index (χ0) is 19.3. The van der Waals surface area contributed by atoms with Crippen LogP contribution in [-0.2, 0) is 6.54 Å². The Balaban J connectivity index is 1.27. The van der Waals surface area contributed by atoms with E-state index in [0.717, 1.165) is 51.6 Å². The molecular formula is C21H34N4O3. The summed E-state index contributed by atoms with van der Waals surface area (Å²) in [6, 6.07) is 7.30. The van der Waals surface area contributed by atoms with Gasteiger partial charge in [0, 0.05) is 64.4 Å². The average molecular weight is 391 g/mol. The number of aliphatic hydroxyl groups excluding tert-OH is 1. The minimum atomic E-state index is -0.497. The molecule has 3 aliphatic heterocycles. The quantitative estimate of drug-likeness (QED) is 0.589. The Bertz CT molecular complexity index is 626. The molecule has 1 unspecified atom stereocenters. The topological polar surface area (TPSA) is 69.2 Å². The van der Waals surface area contributed by atoms with Gasteiger partial charge in [0.05, 0.1) is 7.11 Å². The monoisotopic (exact) mass is 390 g/mol. The highest BCUT2D eigenvalue weighted by atomic mass is 16.5. The lowest BCUT2D eigenvalue weighted by Gasteiger charge is -2.34. The van der Waals surface area contributed by atoms with Crippen molar-refractivity contribution in [2.45, 2.75) is 37.6 Å². The molecule has 1 aromatic carbocycles. The molecule has 0 spiro atoms. The molecule has 3 heterocycles. The Kier molecular flexibility index (Phi) is 6.69. The van der Waals surface area contributed by atoms with Crippen molar-refractivity contribution in [3.8, 4) is 11.5 Å². The molecule has 0 amide bonds. The molecule has 3 fully saturated rings. The van der Waals surface area contributed by atoms with Gasteiger partial charge in [-0.05, 0) is 30.5 Å². The molecule has 3 N–H and O–H groups in total. The van der Waals surface area contributed by atoms with E-state index < -0.39 is 6.10 Å². The summed E-state index contributed by atoms with van der Waals surface area (Å²) in [4.78, 5) is 4.80. The fourth-order valence-electron chi connectivity index (χ4n) is 4.63. The number of nitrogens with one attached hydrogen (secondary N) is 2. The van der Waals surface area contributed by atoms with E-state index in [4.69, 9.17) is 9.47 Å². The van der Waals surface area contributed by atoms with Crippen LogP contribution in [0.1, 0.15) is 18.4 Å². The van der Waals surface area contributed by atoms with Crippen LogP contribution in [0.3, 0.4) is 0 Å². The Labute approximate surface area is 168 Å². The number of methoxy groups -OCH3 is 1. The highest BCUT2D eigenvalue weighted by molar-refractivity contribution is 5.43. The molecule has 0 aliphatic carbocycles. The van der Waals surface area contributed by atoms with Crippen LogP contribution in [0.15, 0.2) is 18.2 Å². The first kappa shape index (κ1) is 19.9. The zero-order valence-electron chi connectivity index (χ0n) is 16.9. The molecule has 4 rings (SSSR count). The minimum Gasteiger partial charge on any atom is -0.493 e. The van der Waals surface area contributed by atoms with Gasteiger partial charge in [-0.25, -0.2) is 0 Å². The number of aliphatic hydroxyl groups is 1. The molecule has 3 atom stereocenters. The van der Waals surface area contributed by atoms with E-state index in [9.17, 15) is 5.11 Å². The predicted octanol–water partition coefficient (Wildman–Crippen LogP) is 0.276. The summed E-state index contributed by atoms with van der Waals surface area (Å²) in [5.74, 6) is 1.44. The summed E-state index contributed by atoms with van der Waals surface area (Å²) >= 11 is 0. The van der Waals surface area contributed by atoms with Crippen LogP contribution < -0.4 is 20.1 Å². The fraction of sp³-hybridized carbons (Fsp3) is 0.714. The summed E-state index contributed by atoms with van der Waals surface area (Å²) in [5, 5.41) is 17.5. The van der Waals surface area contributed by atoms with Gasteiger partial charge < -0.3 is 25.2 Å². The van der Waals surface area contributed by atoms with Crippen molar-refractivity contribution in [3.63, 3.8) is 0 Å². The number of likely N-dealkylation sites (tertiary alicyclic amines) is 1. The number of nitrogens with zero attached hydrogens (tertiary/aromatic N) is 2. The second kappa shape index (κ2) is 9.41. The van der Waals surface area contributed by atoms with Gasteiger partial charge in [0.2, 0.25) is 0 Å². The first-order valence-corrected chi connectivity index (χ1v) is 10.6. The lowest BCUT2D eigenvalue weighted by atomic mass is 10.1. The van der Waals surface area contributed by atoms with Gasteiger partial charge in [-0.1, -0.05) is 6.07 Å². The van der Waals surface area contributed by atoms with Crippen molar-refractivity contribution >= 4 is 0 Å². The van der Waals surface area contributed by atoms with Crippen molar-refractivity contribution < 1.29 is 14.6 Å². The first-order chi connectivity index (χ1) is 13.7. The molecule has 0 saturated carbocycles. The van der Waals surface area contributed by atoms with Gasteiger partial charge in [-0.15, -0.1) is 0 Å². The Morgan fingerprint density at radius 2 is 1.86 bits per heavy atom. The number of benzene rings is 1. The fourth-order valence-corrected chi connectivity index (χ4v) is 4.63. The minimum absolute atomic E-state index is 0.284. The van der Waals surface area contributed by atoms with Gasteiger partial charge in [-0.2, -0.15) is 0 Å². The van der Waals surface area contributed by atoms with Crippen molar-refractivity contribution in [2.24, 2.45) is 0 Å². The molecule has 28 heavy (non-hydrogen) atoms. The largest absolute Gasteiger partial charge is 0.493 e. The second-order valence-electron chi connectivity index (χ2n) is 8.33. The van der Waals surface area contributed by atoms with Crippen LogP contribution in [0.5, 0.6) is 11.5 Å². The number of β-amino-alcohol motifs (C(OH)–C–C–N with tert-alkyl or cyclic N) is 1. The van der Waals surface area contributed by atoms with Gasteiger partial charge >= 0.3 is 0 Å². The predicted molar refractivity (Wildman–Crippen MR) is 109 cm³/mol. The normalized spacial score (nSPS) is 26.9. The van der Waals surface area contributed by atoms with Crippen molar-refractivity contribution in [1.82, 2.24) is 20.4 Å². The third-order valence-electron chi connectivity index (χ3n) is 6.04. The summed E-state index contributed by atoms with van der Waals surface area (Å²) in [6.07, 6.45) is 2.01.